The number of carbonyl (C=O) groups is 1. The summed E-state index contributed by atoms with van der Waals surface area (Å²) in [4.78, 5) is 12.6. The van der Waals surface area contributed by atoms with Crippen LogP contribution >= 0.6 is 0 Å². The van der Waals surface area contributed by atoms with Gasteiger partial charge in [0, 0.05) is 18.3 Å². The van der Waals surface area contributed by atoms with Gasteiger partial charge in [-0.2, -0.15) is 5.10 Å². The number of carbonyl (C=O) groups excluding carboxylic acids is 1. The molecule has 122 valence electrons. The van der Waals surface area contributed by atoms with Crippen molar-refractivity contribution in [2.24, 2.45) is 0 Å². The van der Waals surface area contributed by atoms with Crippen molar-refractivity contribution in [3.8, 4) is 16.9 Å². The second-order valence-electron chi connectivity index (χ2n) is 5.80. The highest BCUT2D eigenvalue weighted by Gasteiger charge is 2.18. The molecule has 0 bridgehead atoms. The van der Waals surface area contributed by atoms with E-state index in [-0.39, 0.29) is 5.91 Å². The van der Waals surface area contributed by atoms with Crippen molar-refractivity contribution in [1.29, 1.82) is 0 Å². The quantitative estimate of drug-likeness (QED) is 0.773. The van der Waals surface area contributed by atoms with Crippen LogP contribution in [0, 0.1) is 6.92 Å². The number of benzene rings is 2. The molecule has 4 nitrogen and oxygen atoms in total. The first kappa shape index (κ1) is 16.0. The van der Waals surface area contributed by atoms with E-state index in [1.54, 1.807) is 10.9 Å². The maximum atomic E-state index is 12.6. The van der Waals surface area contributed by atoms with Crippen LogP contribution in [0.5, 0.6) is 0 Å². The molecule has 0 aliphatic carbocycles. The minimum Gasteiger partial charge on any atom is -0.352 e. The molecule has 0 fully saturated rings. The fraction of sp³-hybridized carbons (Fsp3) is 0.200. The zero-order chi connectivity index (χ0) is 16.9. The third-order valence-corrected chi connectivity index (χ3v) is 3.81. The van der Waals surface area contributed by atoms with Crippen molar-refractivity contribution in [1.82, 2.24) is 15.1 Å². The Hall–Kier alpha value is -2.88. The smallest absolute Gasteiger partial charge is 0.255 e. The first-order chi connectivity index (χ1) is 11.7. The predicted molar refractivity (Wildman–Crippen MR) is 96.4 cm³/mol. The molecule has 3 aromatic rings. The molecule has 0 saturated carbocycles. The second kappa shape index (κ2) is 7.13. The van der Waals surface area contributed by atoms with Crippen LogP contribution in [0.4, 0.5) is 0 Å². The van der Waals surface area contributed by atoms with E-state index in [2.05, 4.69) is 10.4 Å². The Labute approximate surface area is 142 Å². The highest BCUT2D eigenvalue weighted by atomic mass is 16.1. The van der Waals surface area contributed by atoms with E-state index in [4.69, 9.17) is 0 Å². The minimum atomic E-state index is -0.0875. The molecule has 0 unspecified atom stereocenters. The lowest BCUT2D eigenvalue weighted by atomic mass is 10.1. The molecule has 2 aromatic carbocycles. The van der Waals surface area contributed by atoms with E-state index in [0.29, 0.717) is 17.8 Å². The molecule has 0 atom stereocenters. The van der Waals surface area contributed by atoms with Crippen molar-refractivity contribution in [2.45, 2.75) is 20.3 Å². The third kappa shape index (κ3) is 3.38. The molecule has 0 aliphatic heterocycles. The van der Waals surface area contributed by atoms with E-state index in [1.165, 1.54) is 0 Å². The van der Waals surface area contributed by atoms with Crippen LogP contribution in [0.3, 0.4) is 0 Å². The largest absolute Gasteiger partial charge is 0.352 e. The van der Waals surface area contributed by atoms with Gasteiger partial charge in [0.15, 0.2) is 0 Å². The van der Waals surface area contributed by atoms with Gasteiger partial charge in [-0.25, -0.2) is 4.68 Å². The molecule has 0 saturated heterocycles. The fourth-order valence-electron chi connectivity index (χ4n) is 2.59. The summed E-state index contributed by atoms with van der Waals surface area (Å²) in [5.41, 5.74) is 4.32. The van der Waals surface area contributed by atoms with Gasteiger partial charge in [0.2, 0.25) is 0 Å². The van der Waals surface area contributed by atoms with Crippen molar-refractivity contribution >= 4 is 5.91 Å². The number of aryl methyl sites for hydroxylation is 1. The van der Waals surface area contributed by atoms with Gasteiger partial charge in [-0.3, -0.25) is 4.79 Å². The van der Waals surface area contributed by atoms with E-state index < -0.39 is 0 Å². The van der Waals surface area contributed by atoms with Gasteiger partial charge in [-0.1, -0.05) is 48.9 Å². The first-order valence-electron chi connectivity index (χ1n) is 8.19. The van der Waals surface area contributed by atoms with Crippen LogP contribution in [0.25, 0.3) is 16.9 Å². The Balaban J connectivity index is 2.08. The molecular formula is C20H21N3O. The fourth-order valence-corrected chi connectivity index (χ4v) is 2.59. The summed E-state index contributed by atoms with van der Waals surface area (Å²) >= 11 is 0. The number of para-hydroxylation sites is 1. The van der Waals surface area contributed by atoms with E-state index >= 15 is 0 Å². The van der Waals surface area contributed by atoms with Crippen molar-refractivity contribution in [3.63, 3.8) is 0 Å². The topological polar surface area (TPSA) is 46.9 Å². The van der Waals surface area contributed by atoms with Gasteiger partial charge >= 0.3 is 0 Å². The zero-order valence-corrected chi connectivity index (χ0v) is 14.0. The third-order valence-electron chi connectivity index (χ3n) is 3.81. The number of aromatic nitrogens is 2. The van der Waals surface area contributed by atoms with Gasteiger partial charge in [0.05, 0.1) is 11.3 Å². The van der Waals surface area contributed by atoms with Crippen LogP contribution in [-0.2, 0) is 0 Å². The number of nitrogens with zero attached hydrogens (tertiary/aromatic N) is 2. The molecule has 4 heteroatoms. The second-order valence-corrected chi connectivity index (χ2v) is 5.80. The van der Waals surface area contributed by atoms with Gasteiger partial charge in [-0.05, 0) is 31.5 Å². The SMILES string of the molecule is CCCNC(=O)c1cn(-c2ccccc2)nc1-c1cccc(C)c1. The monoisotopic (exact) mass is 319 g/mol. The summed E-state index contributed by atoms with van der Waals surface area (Å²) in [6.45, 7) is 4.73. The summed E-state index contributed by atoms with van der Waals surface area (Å²) in [5.74, 6) is -0.0875. The maximum Gasteiger partial charge on any atom is 0.255 e. The first-order valence-corrected chi connectivity index (χ1v) is 8.19. The molecule has 0 radical (unpaired) electrons. The van der Waals surface area contributed by atoms with Crippen molar-refractivity contribution < 1.29 is 4.79 Å². The van der Waals surface area contributed by atoms with Gasteiger partial charge in [0.25, 0.3) is 5.91 Å². The Morgan fingerprint density at radius 1 is 1.12 bits per heavy atom. The highest BCUT2D eigenvalue weighted by Crippen LogP contribution is 2.24. The van der Waals surface area contributed by atoms with E-state index in [0.717, 1.165) is 23.2 Å². The lowest BCUT2D eigenvalue weighted by Gasteiger charge is -2.04. The van der Waals surface area contributed by atoms with Crippen LogP contribution in [0.1, 0.15) is 29.3 Å². The summed E-state index contributed by atoms with van der Waals surface area (Å²) in [7, 11) is 0. The summed E-state index contributed by atoms with van der Waals surface area (Å²) in [5, 5.41) is 7.62. The van der Waals surface area contributed by atoms with E-state index in [9.17, 15) is 4.79 Å². The van der Waals surface area contributed by atoms with Crippen LogP contribution in [-0.4, -0.2) is 22.2 Å². The standard InChI is InChI=1S/C20H21N3O/c1-3-12-21-20(24)18-14-23(17-10-5-4-6-11-17)22-19(18)16-9-7-8-15(2)13-16/h4-11,13-14H,3,12H2,1-2H3,(H,21,24). The zero-order valence-electron chi connectivity index (χ0n) is 14.0. The summed E-state index contributed by atoms with van der Waals surface area (Å²) < 4.78 is 1.76. The van der Waals surface area contributed by atoms with Gasteiger partial charge in [0.1, 0.15) is 5.69 Å². The minimum absolute atomic E-state index is 0.0875. The van der Waals surface area contributed by atoms with Crippen LogP contribution in [0.15, 0.2) is 60.8 Å². The Morgan fingerprint density at radius 2 is 1.92 bits per heavy atom. The summed E-state index contributed by atoms with van der Waals surface area (Å²) in [6, 6.07) is 17.9. The average Bonchev–Trinajstić information content (AvgIpc) is 3.06. The Morgan fingerprint density at radius 3 is 2.62 bits per heavy atom. The lowest BCUT2D eigenvalue weighted by molar-refractivity contribution is 0.0954. The molecule has 1 aromatic heterocycles. The number of amides is 1. The number of nitrogens with one attached hydrogen (secondary N) is 1. The van der Waals surface area contributed by atoms with Crippen molar-refractivity contribution in [2.75, 3.05) is 6.54 Å². The molecule has 1 heterocycles. The molecule has 1 amide bonds. The highest BCUT2D eigenvalue weighted by molar-refractivity contribution is 5.99. The number of hydrogen-bond acceptors (Lipinski definition) is 2. The average molecular weight is 319 g/mol. The molecule has 0 spiro atoms. The van der Waals surface area contributed by atoms with E-state index in [1.807, 2.05) is 68.4 Å². The Bertz CT molecular complexity index is 837. The number of hydrogen-bond donors (Lipinski definition) is 1. The lowest BCUT2D eigenvalue weighted by Crippen LogP contribution is -2.24. The van der Waals surface area contributed by atoms with Crippen LogP contribution in [0.2, 0.25) is 0 Å². The molecule has 0 aliphatic rings. The molecule has 24 heavy (non-hydrogen) atoms. The maximum absolute atomic E-state index is 12.6. The number of rotatable bonds is 5. The van der Waals surface area contributed by atoms with Gasteiger partial charge in [-0.15, -0.1) is 0 Å². The molecule has 3 rings (SSSR count). The predicted octanol–water partition coefficient (Wildman–Crippen LogP) is 3.99. The van der Waals surface area contributed by atoms with Crippen LogP contribution < -0.4 is 5.32 Å². The van der Waals surface area contributed by atoms with Gasteiger partial charge < -0.3 is 5.32 Å². The molecular weight excluding hydrogens is 298 g/mol. The molecule has 1 N–H and O–H groups in total. The summed E-state index contributed by atoms with van der Waals surface area (Å²) in [6.07, 6.45) is 2.70. The normalized spacial score (nSPS) is 10.6. The van der Waals surface area contributed by atoms with Crippen molar-refractivity contribution in [3.05, 3.63) is 71.9 Å². The Kier molecular flexibility index (Phi) is 4.75.